The van der Waals surface area contributed by atoms with E-state index in [9.17, 15) is 4.79 Å². The van der Waals surface area contributed by atoms with E-state index < -0.39 is 0 Å². The average Bonchev–Trinajstić information content (AvgIpc) is 2.77. The molecule has 0 bridgehead atoms. The molecule has 0 spiro atoms. The summed E-state index contributed by atoms with van der Waals surface area (Å²) in [6.45, 7) is 22.7. The van der Waals surface area contributed by atoms with Crippen LogP contribution >= 0.6 is 0 Å². The van der Waals surface area contributed by atoms with E-state index in [0.717, 1.165) is 29.3 Å². The van der Waals surface area contributed by atoms with E-state index in [-0.39, 0.29) is 5.78 Å². The van der Waals surface area contributed by atoms with Crippen molar-refractivity contribution in [3.63, 3.8) is 0 Å². The third-order valence-corrected chi connectivity index (χ3v) is 5.07. The minimum atomic E-state index is 0.115. The Morgan fingerprint density at radius 1 is 1.17 bits per heavy atom. The van der Waals surface area contributed by atoms with Gasteiger partial charge in [0.05, 0.1) is 0 Å². The zero-order chi connectivity index (χ0) is 22.8. The standard InChI is InChI=1S/C14H19NO.C8H17N.C2H6.C2H4/c1-5-10(3)15-14-8-7-13(11(4)16)9-12(14)6-2;1-3-8-4-6-9(2)7-5-8;2*1-2/h5,7-9,15H,6H2,1-4H3;8H,3-7H2,1-2H3;1-2H3;1-2H2/b10-5+;;;. The van der Waals surface area contributed by atoms with Crippen molar-refractivity contribution < 1.29 is 4.79 Å². The molecule has 0 amide bonds. The summed E-state index contributed by atoms with van der Waals surface area (Å²) in [6, 6.07) is 5.81. The van der Waals surface area contributed by atoms with Crippen LogP contribution in [0.5, 0.6) is 0 Å². The monoisotopic (exact) mass is 402 g/mol. The predicted octanol–water partition coefficient (Wildman–Crippen LogP) is 7.35. The summed E-state index contributed by atoms with van der Waals surface area (Å²) in [7, 11) is 2.21. The van der Waals surface area contributed by atoms with Crippen LogP contribution in [0.3, 0.4) is 0 Å². The molecule has 2 rings (SSSR count). The molecular weight excluding hydrogens is 356 g/mol. The van der Waals surface area contributed by atoms with Crippen LogP contribution in [0.4, 0.5) is 5.69 Å². The summed E-state index contributed by atoms with van der Waals surface area (Å²) in [6.07, 6.45) is 7.17. The van der Waals surface area contributed by atoms with Crippen LogP contribution in [0.15, 0.2) is 43.1 Å². The fraction of sp³-hybridized carbons (Fsp3) is 0.577. The van der Waals surface area contributed by atoms with E-state index >= 15 is 0 Å². The number of benzene rings is 1. The van der Waals surface area contributed by atoms with E-state index in [4.69, 9.17) is 0 Å². The van der Waals surface area contributed by atoms with Crippen LogP contribution in [-0.2, 0) is 6.42 Å². The maximum atomic E-state index is 11.3. The molecule has 3 heteroatoms. The molecule has 29 heavy (non-hydrogen) atoms. The van der Waals surface area contributed by atoms with Gasteiger partial charge in [0, 0.05) is 16.9 Å². The fourth-order valence-electron chi connectivity index (χ4n) is 2.98. The van der Waals surface area contributed by atoms with Crippen molar-refractivity contribution in [3.05, 3.63) is 54.3 Å². The van der Waals surface area contributed by atoms with Crippen LogP contribution in [0, 0.1) is 5.92 Å². The highest BCUT2D eigenvalue weighted by Gasteiger charge is 2.13. The van der Waals surface area contributed by atoms with Crippen LogP contribution in [0.25, 0.3) is 0 Å². The number of carbonyl (C=O) groups excluding carboxylic acids is 1. The van der Waals surface area contributed by atoms with Gasteiger partial charge in [-0.25, -0.2) is 0 Å². The van der Waals surface area contributed by atoms with Gasteiger partial charge in [-0.1, -0.05) is 40.2 Å². The second-order valence-corrected chi connectivity index (χ2v) is 7.03. The van der Waals surface area contributed by atoms with Crippen LogP contribution in [-0.4, -0.2) is 30.8 Å². The van der Waals surface area contributed by atoms with Gasteiger partial charge in [0.2, 0.25) is 0 Å². The predicted molar refractivity (Wildman–Crippen MR) is 132 cm³/mol. The summed E-state index contributed by atoms with van der Waals surface area (Å²) in [5, 5.41) is 3.33. The molecule has 0 unspecified atom stereocenters. The number of likely N-dealkylation sites (tertiary alicyclic amines) is 1. The highest BCUT2D eigenvalue weighted by Crippen LogP contribution is 2.20. The van der Waals surface area contributed by atoms with Gasteiger partial charge >= 0.3 is 0 Å². The Bertz CT molecular complexity index is 584. The normalized spacial score (nSPS) is 14.3. The van der Waals surface area contributed by atoms with Crippen molar-refractivity contribution in [2.45, 2.75) is 74.1 Å². The van der Waals surface area contributed by atoms with Gasteiger partial charge in [0.15, 0.2) is 5.78 Å². The molecule has 0 atom stereocenters. The third kappa shape index (κ3) is 12.3. The number of hydrogen-bond donors (Lipinski definition) is 1. The Labute approximate surface area is 181 Å². The lowest BCUT2D eigenvalue weighted by Crippen LogP contribution is -2.29. The molecule has 0 aromatic heterocycles. The highest BCUT2D eigenvalue weighted by molar-refractivity contribution is 5.94. The van der Waals surface area contributed by atoms with Crippen molar-refractivity contribution in [1.82, 2.24) is 4.90 Å². The molecule has 1 fully saturated rings. The first-order valence-corrected chi connectivity index (χ1v) is 11.1. The third-order valence-electron chi connectivity index (χ3n) is 5.07. The summed E-state index contributed by atoms with van der Waals surface area (Å²) in [5.41, 5.74) is 4.16. The number of piperidine rings is 1. The average molecular weight is 403 g/mol. The molecule has 1 aromatic carbocycles. The van der Waals surface area contributed by atoms with E-state index in [1.165, 1.54) is 37.9 Å². The number of anilines is 1. The van der Waals surface area contributed by atoms with Gasteiger partial charge in [0.1, 0.15) is 0 Å². The molecule has 1 saturated heterocycles. The SMILES string of the molecule is C/C=C(\C)Nc1ccc(C(C)=O)cc1CC.C=C.CC.CCC1CCN(C)CC1. The van der Waals surface area contributed by atoms with Crippen molar-refractivity contribution in [1.29, 1.82) is 0 Å². The Balaban J connectivity index is 0. The van der Waals surface area contributed by atoms with Gasteiger partial charge < -0.3 is 10.2 Å². The van der Waals surface area contributed by atoms with Gasteiger partial charge in [0.25, 0.3) is 0 Å². The first-order valence-electron chi connectivity index (χ1n) is 11.1. The topological polar surface area (TPSA) is 32.3 Å². The summed E-state index contributed by atoms with van der Waals surface area (Å²) in [5.74, 6) is 1.14. The summed E-state index contributed by atoms with van der Waals surface area (Å²) in [4.78, 5) is 13.7. The molecule has 0 saturated carbocycles. The first-order chi connectivity index (χ1) is 13.9. The van der Waals surface area contributed by atoms with Gasteiger partial charge in [-0.3, -0.25) is 4.79 Å². The maximum Gasteiger partial charge on any atom is 0.159 e. The number of rotatable bonds is 5. The van der Waals surface area contributed by atoms with Gasteiger partial charge in [-0.15, -0.1) is 13.2 Å². The van der Waals surface area contributed by atoms with Crippen LogP contribution in [0.1, 0.15) is 83.7 Å². The molecule has 1 aliphatic rings. The minimum Gasteiger partial charge on any atom is -0.359 e. The number of nitrogens with zero attached hydrogens (tertiary/aromatic N) is 1. The largest absolute Gasteiger partial charge is 0.359 e. The highest BCUT2D eigenvalue weighted by atomic mass is 16.1. The molecule has 0 aliphatic carbocycles. The van der Waals surface area contributed by atoms with Gasteiger partial charge in [-0.2, -0.15) is 0 Å². The number of ketones is 1. The van der Waals surface area contributed by atoms with Gasteiger partial charge in [-0.05, 0) is 89.9 Å². The number of carbonyl (C=O) groups is 1. The lowest BCUT2D eigenvalue weighted by molar-refractivity contribution is 0.101. The molecule has 1 aliphatic heterocycles. The number of allylic oxidation sites excluding steroid dienone is 2. The summed E-state index contributed by atoms with van der Waals surface area (Å²) >= 11 is 0. The van der Waals surface area contributed by atoms with Crippen LogP contribution < -0.4 is 5.32 Å². The van der Waals surface area contributed by atoms with Crippen LogP contribution in [0.2, 0.25) is 0 Å². The molecular formula is C26H46N2O. The molecule has 3 nitrogen and oxygen atoms in total. The molecule has 166 valence electrons. The molecule has 0 radical (unpaired) electrons. The van der Waals surface area contributed by atoms with E-state index in [2.05, 4.69) is 44.3 Å². The smallest absolute Gasteiger partial charge is 0.159 e. The lowest BCUT2D eigenvalue weighted by Gasteiger charge is -2.27. The maximum absolute atomic E-state index is 11.3. The quantitative estimate of drug-likeness (QED) is 0.412. The lowest BCUT2D eigenvalue weighted by atomic mass is 9.95. The first kappa shape index (κ1) is 29.3. The number of Topliss-reactive ketones (excluding diaryl/α,β-unsaturated/α-hetero) is 1. The second-order valence-electron chi connectivity index (χ2n) is 7.03. The second kappa shape index (κ2) is 18.2. The van der Waals surface area contributed by atoms with E-state index in [1.54, 1.807) is 6.92 Å². The summed E-state index contributed by atoms with van der Waals surface area (Å²) < 4.78 is 0. The van der Waals surface area contributed by atoms with Crippen molar-refractivity contribution in [2.75, 3.05) is 25.5 Å². The molecule has 1 heterocycles. The Morgan fingerprint density at radius 3 is 2.14 bits per heavy atom. The fourth-order valence-corrected chi connectivity index (χ4v) is 2.98. The minimum absolute atomic E-state index is 0.115. The van der Waals surface area contributed by atoms with Crippen molar-refractivity contribution in [2.24, 2.45) is 5.92 Å². The molecule has 1 aromatic rings. The van der Waals surface area contributed by atoms with E-state index in [1.807, 2.05) is 52.0 Å². The Morgan fingerprint density at radius 2 is 1.72 bits per heavy atom. The molecule has 1 N–H and O–H groups in total. The number of aryl methyl sites for hydroxylation is 1. The van der Waals surface area contributed by atoms with E-state index in [0.29, 0.717) is 0 Å². The number of hydrogen-bond acceptors (Lipinski definition) is 3. The van der Waals surface area contributed by atoms with Crippen molar-refractivity contribution >= 4 is 11.5 Å². The Kier molecular flexibility index (Phi) is 18.4. The zero-order valence-electron chi connectivity index (χ0n) is 20.4. The Hall–Kier alpha value is -1.87. The van der Waals surface area contributed by atoms with Crippen molar-refractivity contribution in [3.8, 4) is 0 Å². The number of nitrogens with one attached hydrogen (secondary N) is 1. The zero-order valence-corrected chi connectivity index (χ0v) is 20.4.